The predicted molar refractivity (Wildman–Crippen MR) is 124 cm³/mol. The van der Waals surface area contributed by atoms with Crippen molar-refractivity contribution in [2.75, 3.05) is 39.3 Å². The van der Waals surface area contributed by atoms with Gasteiger partial charge in [-0.3, -0.25) is 14.6 Å². The smallest absolute Gasteiger partial charge is 0.239 e. The third-order valence-corrected chi connectivity index (χ3v) is 6.58. The van der Waals surface area contributed by atoms with E-state index in [1.165, 1.54) is 11.1 Å². The Labute approximate surface area is 186 Å². The zero-order valence-corrected chi connectivity index (χ0v) is 19.0. The van der Waals surface area contributed by atoms with Crippen LogP contribution in [0.2, 0.25) is 0 Å². The molecule has 0 saturated carbocycles. The summed E-state index contributed by atoms with van der Waals surface area (Å²) in [6, 6.07) is 21.7. The zero-order chi connectivity index (χ0) is 21.8. The van der Waals surface area contributed by atoms with Crippen LogP contribution >= 0.6 is 0 Å². The molecule has 31 heavy (non-hydrogen) atoms. The number of hydrogen-bond acceptors (Lipinski definition) is 4. The fourth-order valence-electron chi connectivity index (χ4n) is 5.05. The summed E-state index contributed by atoms with van der Waals surface area (Å²) >= 11 is 0. The molecule has 0 spiro atoms. The largest absolute Gasteiger partial charge is 0.372 e. The average molecular weight is 422 g/mol. The highest BCUT2D eigenvalue weighted by Crippen LogP contribution is 2.29. The average Bonchev–Trinajstić information content (AvgIpc) is 2.79. The molecule has 2 aliphatic rings. The van der Waals surface area contributed by atoms with Gasteiger partial charge in [0.1, 0.15) is 0 Å². The van der Waals surface area contributed by atoms with Crippen LogP contribution in [0.3, 0.4) is 0 Å². The predicted octanol–water partition coefficient (Wildman–Crippen LogP) is 3.42. The summed E-state index contributed by atoms with van der Waals surface area (Å²) < 4.78 is 5.80. The second kappa shape index (κ2) is 9.94. The van der Waals surface area contributed by atoms with Gasteiger partial charge in [-0.2, -0.15) is 0 Å². The van der Waals surface area contributed by atoms with Crippen LogP contribution in [0.15, 0.2) is 60.7 Å². The molecule has 0 aliphatic carbocycles. The van der Waals surface area contributed by atoms with Gasteiger partial charge < -0.3 is 9.64 Å². The molecule has 2 aromatic rings. The van der Waals surface area contributed by atoms with E-state index in [1.807, 2.05) is 18.7 Å². The Morgan fingerprint density at radius 1 is 0.806 bits per heavy atom. The van der Waals surface area contributed by atoms with Crippen molar-refractivity contribution >= 4 is 5.91 Å². The quantitative estimate of drug-likeness (QED) is 0.741. The van der Waals surface area contributed by atoms with Crippen molar-refractivity contribution in [2.24, 2.45) is 0 Å². The molecule has 2 aliphatic heterocycles. The number of ether oxygens (including phenoxy) is 1. The van der Waals surface area contributed by atoms with Crippen LogP contribution in [0.1, 0.15) is 37.9 Å². The Morgan fingerprint density at radius 3 is 1.74 bits per heavy atom. The third kappa shape index (κ3) is 5.17. The molecule has 2 saturated heterocycles. The number of carbonyl (C=O) groups is 1. The van der Waals surface area contributed by atoms with Crippen LogP contribution in [0.5, 0.6) is 0 Å². The van der Waals surface area contributed by atoms with Gasteiger partial charge in [-0.1, -0.05) is 60.7 Å². The molecule has 5 heteroatoms. The first-order chi connectivity index (χ1) is 15.0. The van der Waals surface area contributed by atoms with E-state index in [2.05, 4.69) is 77.4 Å². The molecule has 2 fully saturated rings. The fraction of sp³-hybridized carbons (Fsp3) is 0.500. The highest BCUT2D eigenvalue weighted by atomic mass is 16.5. The van der Waals surface area contributed by atoms with Gasteiger partial charge in [-0.25, -0.2) is 0 Å². The lowest BCUT2D eigenvalue weighted by Gasteiger charge is -2.43. The van der Waals surface area contributed by atoms with Crippen molar-refractivity contribution in [3.05, 3.63) is 71.8 Å². The summed E-state index contributed by atoms with van der Waals surface area (Å²) in [4.78, 5) is 20.1. The number of hydrogen-bond donors (Lipinski definition) is 0. The van der Waals surface area contributed by atoms with Gasteiger partial charge in [-0.15, -0.1) is 0 Å². The van der Waals surface area contributed by atoms with Gasteiger partial charge in [0.25, 0.3) is 0 Å². The standard InChI is InChI=1S/C26H35N3O2/c1-20-18-29(19-21(2)31-20)26(30)22(3)27-14-16-28(17-15-27)25(23-10-6-4-7-11-23)24-12-8-5-9-13-24/h4-13,20-22,25H,14-19H2,1-3H3/t20-,21+,22-/m1/s1. The molecule has 2 aromatic carbocycles. The Hall–Kier alpha value is -2.21. The lowest BCUT2D eigenvalue weighted by molar-refractivity contribution is -0.148. The molecule has 0 aromatic heterocycles. The molecule has 5 nitrogen and oxygen atoms in total. The molecule has 0 bridgehead atoms. The van der Waals surface area contributed by atoms with Crippen molar-refractivity contribution in [1.29, 1.82) is 0 Å². The van der Waals surface area contributed by atoms with Gasteiger partial charge in [0.2, 0.25) is 5.91 Å². The van der Waals surface area contributed by atoms with E-state index in [4.69, 9.17) is 4.74 Å². The van der Waals surface area contributed by atoms with Crippen LogP contribution in [-0.4, -0.2) is 78.1 Å². The first-order valence-corrected chi connectivity index (χ1v) is 11.5. The summed E-state index contributed by atoms with van der Waals surface area (Å²) in [7, 11) is 0. The van der Waals surface area contributed by atoms with Crippen molar-refractivity contribution < 1.29 is 9.53 Å². The van der Waals surface area contributed by atoms with E-state index in [9.17, 15) is 4.79 Å². The van der Waals surface area contributed by atoms with Crippen molar-refractivity contribution in [3.8, 4) is 0 Å². The van der Waals surface area contributed by atoms with Crippen molar-refractivity contribution in [3.63, 3.8) is 0 Å². The summed E-state index contributed by atoms with van der Waals surface area (Å²) in [5, 5.41) is 0. The molecular formula is C26H35N3O2. The first-order valence-electron chi connectivity index (χ1n) is 11.5. The van der Waals surface area contributed by atoms with Crippen molar-refractivity contribution in [1.82, 2.24) is 14.7 Å². The maximum Gasteiger partial charge on any atom is 0.239 e. The molecule has 1 amide bonds. The molecule has 166 valence electrons. The molecule has 4 rings (SSSR count). The summed E-state index contributed by atoms with van der Waals surface area (Å²) in [5.41, 5.74) is 2.64. The summed E-state index contributed by atoms with van der Waals surface area (Å²) in [6.07, 6.45) is 0.212. The third-order valence-electron chi connectivity index (χ3n) is 6.58. The minimum Gasteiger partial charge on any atom is -0.372 e. The number of amides is 1. The lowest BCUT2D eigenvalue weighted by Crippen LogP contribution is -2.57. The SMILES string of the molecule is C[C@@H]1CN(C(=O)[C@@H](C)N2CCN(C(c3ccccc3)c3ccccc3)CC2)C[C@H](C)O1. The maximum absolute atomic E-state index is 13.2. The van der Waals surface area contributed by atoms with Crippen molar-refractivity contribution in [2.45, 2.75) is 45.1 Å². The molecule has 2 heterocycles. The maximum atomic E-state index is 13.2. The van der Waals surface area contributed by atoms with Crippen LogP contribution in [0.4, 0.5) is 0 Å². The fourth-order valence-corrected chi connectivity index (χ4v) is 5.05. The van der Waals surface area contributed by atoms with Gasteiger partial charge in [0.05, 0.1) is 24.3 Å². The number of rotatable bonds is 5. The molecule has 0 N–H and O–H groups in total. The number of morpholine rings is 1. The van der Waals surface area contributed by atoms with Crippen LogP contribution in [-0.2, 0) is 9.53 Å². The monoisotopic (exact) mass is 421 g/mol. The van der Waals surface area contributed by atoms with E-state index >= 15 is 0 Å². The van der Waals surface area contributed by atoms with Gasteiger partial charge in [-0.05, 0) is 31.9 Å². The van der Waals surface area contributed by atoms with Crippen LogP contribution < -0.4 is 0 Å². The lowest BCUT2D eigenvalue weighted by atomic mass is 9.96. The number of benzene rings is 2. The van der Waals surface area contributed by atoms with E-state index in [0.717, 1.165) is 26.2 Å². The molecule has 3 atom stereocenters. The van der Waals surface area contributed by atoms with Gasteiger partial charge >= 0.3 is 0 Å². The van der Waals surface area contributed by atoms with Crippen LogP contribution in [0, 0.1) is 0 Å². The number of piperazine rings is 1. The Bertz CT molecular complexity index is 787. The Kier molecular flexibility index (Phi) is 7.06. The van der Waals surface area contributed by atoms with Gasteiger partial charge in [0.15, 0.2) is 0 Å². The normalized spacial score (nSPS) is 24.3. The number of carbonyl (C=O) groups excluding carboxylic acids is 1. The number of nitrogens with zero attached hydrogens (tertiary/aromatic N) is 3. The summed E-state index contributed by atoms with van der Waals surface area (Å²) in [5.74, 6) is 0.234. The minimum atomic E-state index is -0.0912. The molecule has 0 radical (unpaired) electrons. The Morgan fingerprint density at radius 2 is 1.26 bits per heavy atom. The first kappa shape index (κ1) is 22.0. The highest BCUT2D eigenvalue weighted by molar-refractivity contribution is 5.81. The van der Waals surface area contributed by atoms with Gasteiger partial charge in [0, 0.05) is 39.3 Å². The Balaban J connectivity index is 1.42. The van der Waals surface area contributed by atoms with E-state index in [-0.39, 0.29) is 30.2 Å². The molecule has 0 unspecified atom stereocenters. The highest BCUT2D eigenvalue weighted by Gasteiger charge is 2.34. The summed E-state index contributed by atoms with van der Waals surface area (Å²) in [6.45, 7) is 11.2. The zero-order valence-electron chi connectivity index (χ0n) is 19.0. The molecular weight excluding hydrogens is 386 g/mol. The minimum absolute atomic E-state index is 0.0912. The van der Waals surface area contributed by atoms with E-state index < -0.39 is 0 Å². The second-order valence-corrected chi connectivity index (χ2v) is 8.97. The van der Waals surface area contributed by atoms with E-state index in [0.29, 0.717) is 13.1 Å². The second-order valence-electron chi connectivity index (χ2n) is 8.97. The topological polar surface area (TPSA) is 36.0 Å². The van der Waals surface area contributed by atoms with E-state index in [1.54, 1.807) is 0 Å². The van der Waals surface area contributed by atoms with Crippen LogP contribution in [0.25, 0.3) is 0 Å².